The second-order valence-electron chi connectivity index (χ2n) is 4.55. The Bertz CT molecular complexity index is 507. The van der Waals surface area contributed by atoms with Crippen LogP contribution in [-0.2, 0) is 6.42 Å². The molecule has 2 aromatic rings. The molecular formula is C17H18BrN. The smallest absolute Gasteiger partial charge is 0.0363 e. The molecule has 0 amide bonds. The summed E-state index contributed by atoms with van der Waals surface area (Å²) in [5.41, 5.74) is 2.64. The maximum absolute atomic E-state index is 3.88. The van der Waals surface area contributed by atoms with Crippen LogP contribution in [0.2, 0.25) is 0 Å². The SMILES string of the molecule is C=C(Br)CNC(Cc1ccccc1)c1ccccc1. The van der Waals surface area contributed by atoms with Gasteiger partial charge < -0.3 is 5.32 Å². The van der Waals surface area contributed by atoms with E-state index in [1.54, 1.807) is 0 Å². The molecule has 0 heterocycles. The number of benzene rings is 2. The van der Waals surface area contributed by atoms with Crippen LogP contribution in [0.4, 0.5) is 0 Å². The lowest BCUT2D eigenvalue weighted by molar-refractivity contribution is 0.563. The molecule has 0 fully saturated rings. The minimum atomic E-state index is 0.304. The molecule has 0 aliphatic carbocycles. The molecule has 0 aliphatic rings. The second-order valence-corrected chi connectivity index (χ2v) is 5.67. The molecule has 0 bridgehead atoms. The van der Waals surface area contributed by atoms with Crippen molar-refractivity contribution in [2.45, 2.75) is 12.5 Å². The summed E-state index contributed by atoms with van der Waals surface area (Å²) in [6.07, 6.45) is 0.977. The van der Waals surface area contributed by atoms with Crippen LogP contribution in [0, 0.1) is 0 Å². The van der Waals surface area contributed by atoms with E-state index in [9.17, 15) is 0 Å². The zero-order valence-corrected chi connectivity index (χ0v) is 12.4. The lowest BCUT2D eigenvalue weighted by Crippen LogP contribution is -2.24. The summed E-state index contributed by atoms with van der Waals surface area (Å²) in [6.45, 7) is 4.65. The minimum absolute atomic E-state index is 0.304. The van der Waals surface area contributed by atoms with Crippen molar-refractivity contribution in [2.75, 3.05) is 6.54 Å². The van der Waals surface area contributed by atoms with Gasteiger partial charge in [0.1, 0.15) is 0 Å². The molecule has 0 saturated carbocycles. The Morgan fingerprint density at radius 2 is 1.58 bits per heavy atom. The summed E-state index contributed by atoms with van der Waals surface area (Å²) in [6, 6.07) is 21.4. The fraction of sp³-hybridized carbons (Fsp3) is 0.176. The van der Waals surface area contributed by atoms with Crippen molar-refractivity contribution in [2.24, 2.45) is 0 Å². The quantitative estimate of drug-likeness (QED) is 0.829. The third kappa shape index (κ3) is 4.66. The van der Waals surface area contributed by atoms with Gasteiger partial charge in [0.05, 0.1) is 0 Å². The van der Waals surface area contributed by atoms with Crippen LogP contribution in [0.5, 0.6) is 0 Å². The van der Waals surface area contributed by atoms with Crippen molar-refractivity contribution in [1.82, 2.24) is 5.32 Å². The van der Waals surface area contributed by atoms with Crippen molar-refractivity contribution in [3.63, 3.8) is 0 Å². The minimum Gasteiger partial charge on any atom is -0.305 e. The van der Waals surface area contributed by atoms with Gasteiger partial charge in [-0.05, 0) is 17.5 Å². The predicted molar refractivity (Wildman–Crippen MR) is 85.4 cm³/mol. The molecule has 2 rings (SSSR count). The highest BCUT2D eigenvalue weighted by Crippen LogP contribution is 2.18. The van der Waals surface area contributed by atoms with Gasteiger partial charge in [-0.3, -0.25) is 0 Å². The highest BCUT2D eigenvalue weighted by molar-refractivity contribution is 9.11. The molecule has 0 saturated heterocycles. The maximum Gasteiger partial charge on any atom is 0.0363 e. The van der Waals surface area contributed by atoms with E-state index in [-0.39, 0.29) is 0 Å². The molecule has 0 aromatic heterocycles. The Kier molecular flexibility index (Phi) is 5.37. The van der Waals surface area contributed by atoms with Crippen molar-refractivity contribution in [1.29, 1.82) is 0 Å². The molecule has 0 aliphatic heterocycles. The summed E-state index contributed by atoms with van der Waals surface area (Å²) in [4.78, 5) is 0. The van der Waals surface area contributed by atoms with E-state index in [0.29, 0.717) is 6.04 Å². The van der Waals surface area contributed by atoms with E-state index in [1.165, 1.54) is 11.1 Å². The molecule has 19 heavy (non-hydrogen) atoms. The lowest BCUT2D eigenvalue weighted by Gasteiger charge is -2.19. The normalized spacial score (nSPS) is 12.1. The van der Waals surface area contributed by atoms with Crippen LogP contribution in [-0.4, -0.2) is 6.54 Å². The van der Waals surface area contributed by atoms with E-state index >= 15 is 0 Å². The van der Waals surface area contributed by atoms with Crippen LogP contribution in [0.15, 0.2) is 71.7 Å². The zero-order chi connectivity index (χ0) is 13.5. The van der Waals surface area contributed by atoms with Crippen LogP contribution in [0.1, 0.15) is 17.2 Å². The maximum atomic E-state index is 3.88. The Morgan fingerprint density at radius 1 is 1.00 bits per heavy atom. The Labute approximate surface area is 123 Å². The molecule has 2 aromatic carbocycles. The van der Waals surface area contributed by atoms with E-state index in [1.807, 2.05) is 6.07 Å². The van der Waals surface area contributed by atoms with E-state index < -0.39 is 0 Å². The Morgan fingerprint density at radius 3 is 2.16 bits per heavy atom. The van der Waals surface area contributed by atoms with Gasteiger partial charge in [0.25, 0.3) is 0 Å². The number of halogens is 1. The second kappa shape index (κ2) is 7.27. The number of hydrogen-bond donors (Lipinski definition) is 1. The molecular weight excluding hydrogens is 298 g/mol. The molecule has 1 nitrogen and oxygen atoms in total. The summed E-state index contributed by atoms with van der Waals surface area (Å²) >= 11 is 3.40. The Balaban J connectivity index is 2.12. The molecule has 0 spiro atoms. The summed E-state index contributed by atoms with van der Waals surface area (Å²) in [7, 11) is 0. The zero-order valence-electron chi connectivity index (χ0n) is 10.9. The molecule has 0 radical (unpaired) electrons. The third-order valence-electron chi connectivity index (χ3n) is 3.02. The van der Waals surface area contributed by atoms with Gasteiger partial charge >= 0.3 is 0 Å². The van der Waals surface area contributed by atoms with E-state index in [0.717, 1.165) is 17.4 Å². The van der Waals surface area contributed by atoms with E-state index in [2.05, 4.69) is 82.4 Å². The van der Waals surface area contributed by atoms with E-state index in [4.69, 9.17) is 0 Å². The number of hydrogen-bond acceptors (Lipinski definition) is 1. The first-order valence-electron chi connectivity index (χ1n) is 6.41. The van der Waals surface area contributed by atoms with Crippen LogP contribution < -0.4 is 5.32 Å². The summed E-state index contributed by atoms with van der Waals surface area (Å²) in [5.74, 6) is 0. The number of rotatable bonds is 6. The highest BCUT2D eigenvalue weighted by Gasteiger charge is 2.11. The third-order valence-corrected chi connectivity index (χ3v) is 3.31. The van der Waals surface area contributed by atoms with Gasteiger partial charge in [-0.2, -0.15) is 0 Å². The largest absolute Gasteiger partial charge is 0.305 e. The Hall–Kier alpha value is -1.38. The fourth-order valence-electron chi connectivity index (χ4n) is 2.08. The fourth-order valence-corrected chi connectivity index (χ4v) is 2.24. The van der Waals surface area contributed by atoms with Gasteiger partial charge in [-0.15, -0.1) is 0 Å². The van der Waals surface area contributed by atoms with Crippen molar-refractivity contribution >= 4 is 15.9 Å². The first-order valence-corrected chi connectivity index (χ1v) is 7.20. The van der Waals surface area contributed by atoms with Crippen molar-refractivity contribution in [3.8, 4) is 0 Å². The van der Waals surface area contributed by atoms with Gasteiger partial charge in [-0.1, -0.05) is 83.2 Å². The summed E-state index contributed by atoms with van der Waals surface area (Å²) < 4.78 is 0.974. The molecule has 1 atom stereocenters. The van der Waals surface area contributed by atoms with Gasteiger partial charge in [0.2, 0.25) is 0 Å². The molecule has 1 unspecified atom stereocenters. The first-order chi connectivity index (χ1) is 9.25. The lowest BCUT2D eigenvalue weighted by atomic mass is 9.99. The van der Waals surface area contributed by atoms with Gasteiger partial charge in [-0.25, -0.2) is 0 Å². The molecule has 98 valence electrons. The highest BCUT2D eigenvalue weighted by atomic mass is 79.9. The van der Waals surface area contributed by atoms with Crippen LogP contribution >= 0.6 is 15.9 Å². The molecule has 1 N–H and O–H groups in total. The summed E-state index contributed by atoms with van der Waals surface area (Å²) in [5, 5.41) is 3.54. The van der Waals surface area contributed by atoms with Gasteiger partial charge in [0.15, 0.2) is 0 Å². The number of nitrogens with one attached hydrogen (secondary N) is 1. The molecule has 2 heteroatoms. The standard InChI is InChI=1S/C17H18BrN/c1-14(18)13-19-17(16-10-6-3-7-11-16)12-15-8-4-2-5-9-15/h2-11,17,19H,1,12-13H2. The monoisotopic (exact) mass is 315 g/mol. The van der Waals surface area contributed by atoms with Crippen LogP contribution in [0.3, 0.4) is 0 Å². The first kappa shape index (κ1) is 14.0. The van der Waals surface area contributed by atoms with Crippen molar-refractivity contribution < 1.29 is 0 Å². The predicted octanol–water partition coefficient (Wildman–Crippen LogP) is 4.47. The van der Waals surface area contributed by atoms with Gasteiger partial charge in [0, 0.05) is 17.1 Å². The average Bonchev–Trinajstić information content (AvgIpc) is 2.45. The average molecular weight is 316 g/mol. The topological polar surface area (TPSA) is 12.0 Å². The van der Waals surface area contributed by atoms with Crippen molar-refractivity contribution in [3.05, 3.63) is 82.9 Å². The van der Waals surface area contributed by atoms with Crippen LogP contribution in [0.25, 0.3) is 0 Å².